The molecule has 5 nitrogen and oxygen atoms in total. The second-order valence-corrected chi connectivity index (χ2v) is 3.86. The third-order valence-corrected chi connectivity index (χ3v) is 2.51. The second-order valence-electron chi connectivity index (χ2n) is 3.86. The first-order valence-corrected chi connectivity index (χ1v) is 5.84. The Morgan fingerprint density at radius 3 is 1.75 bits per heavy atom. The van der Waals surface area contributed by atoms with Crippen LogP contribution in [0.15, 0.2) is 54.9 Å². The van der Waals surface area contributed by atoms with E-state index in [9.17, 15) is 9.59 Å². The summed E-state index contributed by atoms with van der Waals surface area (Å²) in [4.78, 5) is 21.2. The van der Waals surface area contributed by atoms with Gasteiger partial charge in [-0.15, -0.1) is 0 Å². The zero-order chi connectivity index (χ0) is 15.0. The van der Waals surface area contributed by atoms with E-state index in [0.29, 0.717) is 0 Å². The number of aromatic carboxylic acids is 2. The topological polar surface area (TPSA) is 86.6 Å². The number of hydrogen-bond acceptors (Lipinski definition) is 3. The van der Waals surface area contributed by atoms with Gasteiger partial charge in [0.2, 0.25) is 0 Å². The summed E-state index contributed by atoms with van der Waals surface area (Å²) >= 11 is 0. The largest absolute Gasteiger partial charge is 0.478 e. The predicted octanol–water partition coefficient (Wildman–Crippen LogP) is 2.56. The van der Waals surface area contributed by atoms with Crippen LogP contribution in [0.1, 0.15) is 26.3 Å². The molecule has 2 rings (SSSR count). The number of carboxylic acid groups (broad SMARTS) is 2. The van der Waals surface area contributed by atoms with Gasteiger partial charge in [0.1, 0.15) is 0 Å². The highest BCUT2D eigenvalue weighted by Crippen LogP contribution is 2.13. The molecule has 0 fully saturated rings. The lowest BCUT2D eigenvalue weighted by Gasteiger charge is -2.03. The molecule has 3 N–H and O–H groups in total. The number of rotatable bonds is 2. The van der Waals surface area contributed by atoms with E-state index in [1.807, 2.05) is 36.7 Å². The van der Waals surface area contributed by atoms with Crippen molar-refractivity contribution in [2.45, 2.75) is 6.92 Å². The summed E-state index contributed by atoms with van der Waals surface area (Å²) in [6.07, 6.45) is 11.6. The Kier molecular flexibility index (Phi) is 5.77. The third-order valence-electron chi connectivity index (χ3n) is 2.51. The van der Waals surface area contributed by atoms with Gasteiger partial charge in [0.25, 0.3) is 0 Å². The average Bonchev–Trinajstić information content (AvgIpc) is 2.71. The van der Waals surface area contributed by atoms with Gasteiger partial charge < -0.3 is 15.5 Å². The first-order chi connectivity index (χ1) is 9.54. The van der Waals surface area contributed by atoms with Crippen LogP contribution in [0, 0.1) is 6.92 Å². The molecule has 1 aliphatic rings. The molecule has 0 amide bonds. The van der Waals surface area contributed by atoms with Gasteiger partial charge >= 0.3 is 11.9 Å². The minimum absolute atomic E-state index is 0.0277. The number of allylic oxidation sites excluding steroid dienone is 4. The van der Waals surface area contributed by atoms with E-state index in [0.717, 1.165) is 0 Å². The number of benzene rings is 1. The summed E-state index contributed by atoms with van der Waals surface area (Å²) in [6, 6.07) is 4.17. The summed E-state index contributed by atoms with van der Waals surface area (Å²) in [5.41, 5.74) is 0.335. The first-order valence-electron chi connectivity index (χ1n) is 5.84. The number of carbonyl (C=O) groups is 2. The lowest BCUT2D eigenvalue weighted by molar-refractivity contribution is 0.0696. The van der Waals surface area contributed by atoms with Crippen LogP contribution in [-0.2, 0) is 0 Å². The molecule has 0 saturated heterocycles. The van der Waals surface area contributed by atoms with Crippen LogP contribution in [0.25, 0.3) is 0 Å². The Morgan fingerprint density at radius 2 is 1.35 bits per heavy atom. The van der Waals surface area contributed by atoms with E-state index in [1.54, 1.807) is 0 Å². The van der Waals surface area contributed by atoms with E-state index in [-0.39, 0.29) is 16.7 Å². The van der Waals surface area contributed by atoms with Crippen molar-refractivity contribution < 1.29 is 19.8 Å². The molecule has 1 aromatic rings. The standard InChI is InChI=1S/C9H8O4.C6H7N/c1-5-6(8(10)11)3-2-4-7(5)9(12)13;1-2-4-6-7-5-3-1/h2-4H,1H3,(H,10,11)(H,12,13);1-7H. The molecule has 0 bridgehead atoms. The Hall–Kier alpha value is -2.82. The molecule has 104 valence electrons. The highest BCUT2D eigenvalue weighted by atomic mass is 16.4. The van der Waals surface area contributed by atoms with Gasteiger partial charge in [-0.2, -0.15) is 0 Å². The molecule has 5 heteroatoms. The van der Waals surface area contributed by atoms with E-state index < -0.39 is 11.9 Å². The zero-order valence-corrected chi connectivity index (χ0v) is 10.9. The predicted molar refractivity (Wildman–Crippen MR) is 75.7 cm³/mol. The van der Waals surface area contributed by atoms with Crippen LogP contribution in [-0.4, -0.2) is 22.2 Å². The normalized spacial score (nSPS) is 11.8. The summed E-state index contributed by atoms with van der Waals surface area (Å²) in [5, 5.41) is 20.3. The summed E-state index contributed by atoms with van der Waals surface area (Å²) in [7, 11) is 0. The Labute approximate surface area is 116 Å². The Balaban J connectivity index is 0.000000240. The Bertz CT molecular complexity index is 539. The summed E-state index contributed by atoms with van der Waals surface area (Å²) in [6.45, 7) is 1.48. The highest BCUT2D eigenvalue weighted by molar-refractivity contribution is 5.96. The van der Waals surface area contributed by atoms with Gasteiger partial charge in [-0.3, -0.25) is 0 Å². The Morgan fingerprint density at radius 1 is 0.900 bits per heavy atom. The number of carboxylic acids is 2. The van der Waals surface area contributed by atoms with E-state index >= 15 is 0 Å². The van der Waals surface area contributed by atoms with Crippen molar-refractivity contribution in [3.63, 3.8) is 0 Å². The van der Waals surface area contributed by atoms with Crippen LogP contribution < -0.4 is 5.32 Å². The van der Waals surface area contributed by atoms with Crippen LogP contribution >= 0.6 is 0 Å². The van der Waals surface area contributed by atoms with Crippen molar-refractivity contribution in [2.75, 3.05) is 0 Å². The maximum absolute atomic E-state index is 10.6. The average molecular weight is 273 g/mol. The van der Waals surface area contributed by atoms with E-state index in [4.69, 9.17) is 10.2 Å². The minimum atomic E-state index is -1.11. The highest BCUT2D eigenvalue weighted by Gasteiger charge is 2.13. The lowest BCUT2D eigenvalue weighted by atomic mass is 10.0. The smallest absolute Gasteiger partial charge is 0.335 e. The third kappa shape index (κ3) is 4.45. The van der Waals surface area contributed by atoms with Crippen molar-refractivity contribution >= 4 is 11.9 Å². The maximum Gasteiger partial charge on any atom is 0.335 e. The SMILES string of the molecule is C1=CC=CNC=C1.Cc1c(C(=O)O)cccc1C(=O)O. The van der Waals surface area contributed by atoms with Crippen LogP contribution in [0.2, 0.25) is 0 Å². The number of nitrogens with one attached hydrogen (secondary N) is 1. The fourth-order valence-electron chi connectivity index (χ4n) is 1.51. The lowest BCUT2D eigenvalue weighted by Crippen LogP contribution is -2.06. The van der Waals surface area contributed by atoms with E-state index in [2.05, 4.69) is 5.32 Å². The fourth-order valence-corrected chi connectivity index (χ4v) is 1.51. The van der Waals surface area contributed by atoms with Crippen LogP contribution in [0.4, 0.5) is 0 Å². The molecule has 0 atom stereocenters. The number of hydrogen-bond donors (Lipinski definition) is 3. The molecular formula is C15H15NO4. The van der Waals surface area contributed by atoms with Gasteiger partial charge in [-0.1, -0.05) is 18.2 Å². The fraction of sp³-hybridized carbons (Fsp3) is 0.0667. The van der Waals surface area contributed by atoms with Crippen molar-refractivity contribution in [3.8, 4) is 0 Å². The zero-order valence-electron chi connectivity index (χ0n) is 10.9. The van der Waals surface area contributed by atoms with E-state index in [1.165, 1.54) is 25.1 Å². The molecule has 0 spiro atoms. The molecule has 1 aliphatic heterocycles. The molecule has 0 saturated carbocycles. The molecule has 0 aromatic heterocycles. The summed E-state index contributed by atoms with van der Waals surface area (Å²) in [5.74, 6) is -2.22. The molecule has 1 heterocycles. The van der Waals surface area contributed by atoms with Gasteiger partial charge in [0.05, 0.1) is 11.1 Å². The molecule has 1 aromatic carbocycles. The van der Waals surface area contributed by atoms with Crippen molar-refractivity contribution in [2.24, 2.45) is 0 Å². The molecule has 20 heavy (non-hydrogen) atoms. The van der Waals surface area contributed by atoms with Gasteiger partial charge in [0, 0.05) is 12.4 Å². The monoisotopic (exact) mass is 273 g/mol. The van der Waals surface area contributed by atoms with Crippen molar-refractivity contribution in [3.05, 3.63) is 71.6 Å². The molecule has 0 aliphatic carbocycles. The maximum atomic E-state index is 10.6. The van der Waals surface area contributed by atoms with Gasteiger partial charge in [0.15, 0.2) is 0 Å². The second kappa shape index (κ2) is 7.58. The summed E-state index contributed by atoms with van der Waals surface area (Å²) < 4.78 is 0. The first kappa shape index (κ1) is 15.2. The minimum Gasteiger partial charge on any atom is -0.478 e. The van der Waals surface area contributed by atoms with Gasteiger partial charge in [-0.05, 0) is 36.8 Å². The van der Waals surface area contributed by atoms with Crippen LogP contribution in [0.3, 0.4) is 0 Å². The van der Waals surface area contributed by atoms with Crippen LogP contribution in [0.5, 0.6) is 0 Å². The molecule has 0 radical (unpaired) electrons. The quantitative estimate of drug-likeness (QED) is 0.771. The van der Waals surface area contributed by atoms with Gasteiger partial charge in [-0.25, -0.2) is 9.59 Å². The molecular weight excluding hydrogens is 258 g/mol. The molecule has 0 unspecified atom stereocenters. The van der Waals surface area contributed by atoms with Crippen molar-refractivity contribution in [1.82, 2.24) is 5.32 Å². The van der Waals surface area contributed by atoms with Crippen molar-refractivity contribution in [1.29, 1.82) is 0 Å².